The van der Waals surface area contributed by atoms with E-state index in [0.29, 0.717) is 16.7 Å². The van der Waals surface area contributed by atoms with Crippen molar-refractivity contribution in [2.24, 2.45) is 0 Å². The molecule has 0 heterocycles. The Kier molecular flexibility index (Phi) is 5.78. The molecule has 0 aliphatic carbocycles. The molecule has 0 bridgehead atoms. The number of benzene rings is 2. The molecule has 0 spiro atoms. The van der Waals surface area contributed by atoms with Gasteiger partial charge in [-0.15, -0.1) is 0 Å². The van der Waals surface area contributed by atoms with Crippen LogP contribution in [0.4, 0.5) is 5.69 Å². The Bertz CT molecular complexity index is 731. The first-order valence-corrected chi connectivity index (χ1v) is 6.55. The number of rotatable bonds is 3. The van der Waals surface area contributed by atoms with E-state index in [-0.39, 0.29) is 11.3 Å². The van der Waals surface area contributed by atoms with Gasteiger partial charge in [0.15, 0.2) is 0 Å². The fourth-order valence-electron chi connectivity index (χ4n) is 1.78. The molecule has 0 radical (unpaired) electrons. The molecule has 0 atom stereocenters. The van der Waals surface area contributed by atoms with Crippen LogP contribution < -0.4 is 0 Å². The van der Waals surface area contributed by atoms with Crippen LogP contribution in [0.15, 0.2) is 42.5 Å². The molecule has 6 nitrogen and oxygen atoms in total. The van der Waals surface area contributed by atoms with Gasteiger partial charge in [0, 0.05) is 6.07 Å². The molecule has 2 rings (SSSR count). The van der Waals surface area contributed by atoms with Gasteiger partial charge in [0.25, 0.3) is 5.69 Å². The van der Waals surface area contributed by atoms with E-state index in [9.17, 15) is 14.9 Å². The summed E-state index contributed by atoms with van der Waals surface area (Å²) in [6, 6.07) is 11.9. The van der Waals surface area contributed by atoms with Crippen LogP contribution in [0.2, 0.25) is 0 Å². The van der Waals surface area contributed by atoms with Gasteiger partial charge in [0.1, 0.15) is 0 Å². The molecule has 1 N–H and O–H groups in total. The van der Waals surface area contributed by atoms with Crippen molar-refractivity contribution in [3.63, 3.8) is 0 Å². The van der Waals surface area contributed by atoms with E-state index in [1.165, 1.54) is 12.1 Å². The molecule has 0 amide bonds. The summed E-state index contributed by atoms with van der Waals surface area (Å²) in [4.78, 5) is 21.3. The van der Waals surface area contributed by atoms with Crippen LogP contribution in [0.25, 0.3) is 11.1 Å². The predicted octanol–water partition coefficient (Wildman–Crippen LogP) is 3.86. The minimum absolute atomic E-state index is 0.144. The van der Waals surface area contributed by atoms with Crippen molar-refractivity contribution in [2.75, 3.05) is 0 Å². The third kappa shape index (κ3) is 3.67. The highest BCUT2D eigenvalue weighted by molar-refractivity contribution is 5.90. The molecule has 0 aromatic heterocycles. The van der Waals surface area contributed by atoms with E-state index in [0.717, 1.165) is 6.07 Å². The summed E-state index contributed by atoms with van der Waals surface area (Å²) in [7, 11) is 0. The zero-order chi connectivity index (χ0) is 16.7. The van der Waals surface area contributed by atoms with Crippen LogP contribution in [-0.4, -0.2) is 16.0 Å². The Morgan fingerprint density at radius 1 is 1.18 bits per heavy atom. The summed E-state index contributed by atoms with van der Waals surface area (Å²) in [6.07, 6.45) is 0. The van der Waals surface area contributed by atoms with Crippen LogP contribution in [0.3, 0.4) is 0 Å². The van der Waals surface area contributed by atoms with Crippen LogP contribution in [0, 0.1) is 21.4 Å². The van der Waals surface area contributed by atoms with E-state index in [1.54, 1.807) is 24.3 Å². The highest BCUT2D eigenvalue weighted by Gasteiger charge is 2.18. The molecular weight excluding hydrogens is 284 g/mol. The molecule has 0 saturated heterocycles. The lowest BCUT2D eigenvalue weighted by molar-refractivity contribution is -0.384. The normalized spacial score (nSPS) is 9.14. The zero-order valence-corrected chi connectivity index (χ0v) is 12.1. The molecule has 0 aliphatic rings. The minimum Gasteiger partial charge on any atom is -0.478 e. The average molecular weight is 298 g/mol. The van der Waals surface area contributed by atoms with Crippen molar-refractivity contribution in [1.29, 1.82) is 5.26 Å². The van der Waals surface area contributed by atoms with Gasteiger partial charge >= 0.3 is 5.97 Å². The topological polar surface area (TPSA) is 104 Å². The van der Waals surface area contributed by atoms with E-state index in [2.05, 4.69) is 0 Å². The monoisotopic (exact) mass is 298 g/mol. The third-order valence-electron chi connectivity index (χ3n) is 2.77. The maximum absolute atomic E-state index is 11.1. The Morgan fingerprint density at radius 2 is 1.77 bits per heavy atom. The summed E-state index contributed by atoms with van der Waals surface area (Å²) in [5.74, 6) is -1.22. The molecule has 0 saturated carbocycles. The van der Waals surface area contributed by atoms with Crippen molar-refractivity contribution in [3.8, 4) is 17.2 Å². The fraction of sp³-hybridized carbons (Fsp3) is 0.125. The summed E-state index contributed by atoms with van der Waals surface area (Å²) < 4.78 is 0. The third-order valence-corrected chi connectivity index (χ3v) is 2.77. The summed E-state index contributed by atoms with van der Waals surface area (Å²) in [5.41, 5.74) is 0.874. The number of carboxylic acid groups (broad SMARTS) is 1. The van der Waals surface area contributed by atoms with E-state index in [4.69, 9.17) is 10.4 Å². The number of nitro groups is 1. The summed E-state index contributed by atoms with van der Waals surface area (Å²) in [5, 5.41) is 28.6. The lowest BCUT2D eigenvalue weighted by atomic mass is 10.0. The number of nitro benzene ring substituents is 1. The van der Waals surface area contributed by atoms with E-state index in [1.807, 2.05) is 19.9 Å². The lowest BCUT2D eigenvalue weighted by Crippen LogP contribution is -1.99. The van der Waals surface area contributed by atoms with Crippen LogP contribution in [0.1, 0.15) is 29.8 Å². The Labute approximate surface area is 127 Å². The standard InChI is InChI=1S/C14H8N2O4.C2H6/c15-8-9-1-3-10(4-2-9)12-6-5-11(14(17)18)7-13(12)16(19)20;1-2/h1-7H,(H,17,18);1-2H3. The largest absolute Gasteiger partial charge is 0.478 e. The molecule has 22 heavy (non-hydrogen) atoms. The van der Waals surface area contributed by atoms with Crippen molar-refractivity contribution < 1.29 is 14.8 Å². The number of nitriles is 1. The minimum atomic E-state index is -1.22. The van der Waals surface area contributed by atoms with Crippen LogP contribution >= 0.6 is 0 Å². The average Bonchev–Trinajstić information content (AvgIpc) is 2.56. The lowest BCUT2D eigenvalue weighted by Gasteiger charge is -2.04. The molecule has 0 aliphatic heterocycles. The smallest absolute Gasteiger partial charge is 0.335 e. The van der Waals surface area contributed by atoms with Gasteiger partial charge in [0.2, 0.25) is 0 Å². The molecule has 0 unspecified atom stereocenters. The molecule has 2 aromatic rings. The van der Waals surface area contributed by atoms with Gasteiger partial charge in [-0.25, -0.2) is 4.79 Å². The van der Waals surface area contributed by atoms with Crippen molar-refractivity contribution in [1.82, 2.24) is 0 Å². The predicted molar refractivity (Wildman–Crippen MR) is 81.6 cm³/mol. The van der Waals surface area contributed by atoms with Crippen molar-refractivity contribution >= 4 is 11.7 Å². The second kappa shape index (κ2) is 7.55. The Balaban J connectivity index is 0.00000116. The molecular formula is C16H14N2O4. The number of carboxylic acids is 1. The first kappa shape index (κ1) is 16.9. The first-order chi connectivity index (χ1) is 10.5. The fourth-order valence-corrected chi connectivity index (χ4v) is 1.78. The van der Waals surface area contributed by atoms with Gasteiger partial charge in [-0.1, -0.05) is 26.0 Å². The van der Waals surface area contributed by atoms with Crippen molar-refractivity contribution in [2.45, 2.75) is 13.8 Å². The first-order valence-electron chi connectivity index (χ1n) is 6.55. The number of nitrogens with zero attached hydrogens (tertiary/aromatic N) is 2. The van der Waals surface area contributed by atoms with Gasteiger partial charge in [0.05, 0.1) is 27.7 Å². The molecule has 0 fully saturated rings. The maximum atomic E-state index is 11.1. The number of aromatic carboxylic acids is 1. The van der Waals surface area contributed by atoms with Gasteiger partial charge in [-0.3, -0.25) is 10.1 Å². The van der Waals surface area contributed by atoms with Crippen molar-refractivity contribution in [3.05, 3.63) is 63.7 Å². The molecule has 112 valence electrons. The summed E-state index contributed by atoms with van der Waals surface area (Å²) >= 11 is 0. The van der Waals surface area contributed by atoms with Gasteiger partial charge in [-0.05, 0) is 29.8 Å². The quantitative estimate of drug-likeness (QED) is 0.684. The number of carbonyl (C=O) groups is 1. The SMILES string of the molecule is CC.N#Cc1ccc(-c2ccc(C(=O)O)cc2[N+](=O)[O-])cc1. The van der Waals surface area contributed by atoms with E-state index >= 15 is 0 Å². The highest BCUT2D eigenvalue weighted by atomic mass is 16.6. The zero-order valence-electron chi connectivity index (χ0n) is 12.1. The summed E-state index contributed by atoms with van der Waals surface area (Å²) in [6.45, 7) is 4.00. The Morgan fingerprint density at radius 3 is 2.23 bits per heavy atom. The van der Waals surface area contributed by atoms with Gasteiger partial charge in [-0.2, -0.15) is 5.26 Å². The maximum Gasteiger partial charge on any atom is 0.335 e. The molecule has 6 heteroatoms. The van der Waals surface area contributed by atoms with E-state index < -0.39 is 10.9 Å². The Hall–Kier alpha value is -3.20. The molecule has 2 aromatic carbocycles. The number of hydrogen-bond donors (Lipinski definition) is 1. The second-order valence-corrected chi connectivity index (χ2v) is 3.98. The van der Waals surface area contributed by atoms with Crippen LogP contribution in [-0.2, 0) is 0 Å². The number of hydrogen-bond acceptors (Lipinski definition) is 4. The van der Waals surface area contributed by atoms with Crippen LogP contribution in [0.5, 0.6) is 0 Å². The highest BCUT2D eigenvalue weighted by Crippen LogP contribution is 2.30. The second-order valence-electron chi connectivity index (χ2n) is 3.98. The van der Waals surface area contributed by atoms with Gasteiger partial charge < -0.3 is 5.11 Å².